The number of rotatable bonds is 4. The van der Waals surface area contributed by atoms with Crippen molar-refractivity contribution in [3.63, 3.8) is 0 Å². The van der Waals surface area contributed by atoms with Gasteiger partial charge in [-0.3, -0.25) is 9.69 Å². The molecule has 0 saturated carbocycles. The highest BCUT2D eigenvalue weighted by Crippen LogP contribution is 2.34. The van der Waals surface area contributed by atoms with E-state index in [1.54, 1.807) is 0 Å². The van der Waals surface area contributed by atoms with Crippen LogP contribution in [-0.4, -0.2) is 30.4 Å². The number of thiophene rings is 1. The lowest BCUT2D eigenvalue weighted by Gasteiger charge is -2.26. The van der Waals surface area contributed by atoms with Crippen LogP contribution in [0.5, 0.6) is 0 Å². The first kappa shape index (κ1) is 13.8. The molecule has 1 aromatic heterocycles. The molecule has 1 amide bonds. The Morgan fingerprint density at radius 3 is 3.11 bits per heavy atom. The molecule has 1 aliphatic rings. The fourth-order valence-electron chi connectivity index (χ4n) is 2.26. The van der Waals surface area contributed by atoms with Crippen molar-refractivity contribution in [1.29, 1.82) is 5.26 Å². The molecule has 2 heterocycles. The molecule has 19 heavy (non-hydrogen) atoms. The Labute approximate surface area is 117 Å². The van der Waals surface area contributed by atoms with Gasteiger partial charge in [0.1, 0.15) is 11.1 Å². The van der Waals surface area contributed by atoms with E-state index < -0.39 is 0 Å². The maximum Gasteiger partial charge on any atom is 0.234 e. The van der Waals surface area contributed by atoms with Crippen molar-refractivity contribution in [3.8, 4) is 6.07 Å². The number of hydrogen-bond acceptors (Lipinski definition) is 5. The van der Waals surface area contributed by atoms with Crippen LogP contribution in [0.2, 0.25) is 0 Å². The van der Waals surface area contributed by atoms with Gasteiger partial charge in [0.15, 0.2) is 0 Å². The number of carbonyl (C=O) groups is 1. The summed E-state index contributed by atoms with van der Waals surface area (Å²) in [6.45, 7) is 4.69. The molecule has 102 valence electrons. The normalized spacial score (nSPS) is 14.7. The second-order valence-electron chi connectivity index (χ2n) is 4.67. The molecular formula is C13H18N4OS. The SMILES string of the molecule is CCCNC(=O)CN1CCc2c(sc(N)c2C#N)C1. The van der Waals surface area contributed by atoms with Crippen LogP contribution in [0.25, 0.3) is 0 Å². The Hall–Kier alpha value is -1.58. The lowest BCUT2D eigenvalue weighted by atomic mass is 10.0. The molecule has 5 nitrogen and oxygen atoms in total. The maximum atomic E-state index is 11.7. The second kappa shape index (κ2) is 6.04. The van der Waals surface area contributed by atoms with Crippen molar-refractivity contribution in [2.24, 2.45) is 0 Å². The molecule has 0 saturated heterocycles. The van der Waals surface area contributed by atoms with Gasteiger partial charge in [-0.2, -0.15) is 5.26 Å². The Balaban J connectivity index is 1.99. The maximum absolute atomic E-state index is 11.7. The lowest BCUT2D eigenvalue weighted by Crippen LogP contribution is -2.39. The third-order valence-electron chi connectivity index (χ3n) is 3.21. The smallest absolute Gasteiger partial charge is 0.234 e. The molecule has 0 radical (unpaired) electrons. The van der Waals surface area contributed by atoms with Crippen molar-refractivity contribution < 1.29 is 4.79 Å². The summed E-state index contributed by atoms with van der Waals surface area (Å²) in [6, 6.07) is 2.17. The minimum absolute atomic E-state index is 0.0651. The predicted octanol–water partition coefficient (Wildman–Crippen LogP) is 1.09. The molecule has 1 aromatic rings. The summed E-state index contributed by atoms with van der Waals surface area (Å²) in [4.78, 5) is 14.9. The number of nitrogen functional groups attached to an aromatic ring is 1. The van der Waals surface area contributed by atoms with Gasteiger partial charge in [0, 0.05) is 24.5 Å². The van der Waals surface area contributed by atoms with Crippen LogP contribution in [0.1, 0.15) is 29.3 Å². The molecule has 3 N–H and O–H groups in total. The van der Waals surface area contributed by atoms with Crippen molar-refractivity contribution in [2.75, 3.05) is 25.4 Å². The highest BCUT2D eigenvalue weighted by Gasteiger charge is 2.24. The van der Waals surface area contributed by atoms with E-state index in [4.69, 9.17) is 11.0 Å². The zero-order chi connectivity index (χ0) is 13.8. The van der Waals surface area contributed by atoms with Crippen molar-refractivity contribution >= 4 is 22.2 Å². The highest BCUT2D eigenvalue weighted by molar-refractivity contribution is 7.16. The standard InChI is InChI=1S/C13H18N4OS/c1-2-4-16-12(18)8-17-5-3-9-10(6-14)13(15)19-11(9)7-17/h2-5,7-8,15H2,1H3,(H,16,18). The number of fused-ring (bicyclic) bond motifs is 1. The highest BCUT2D eigenvalue weighted by atomic mass is 32.1. The number of nitrogens with two attached hydrogens (primary N) is 1. The number of nitrogens with one attached hydrogen (secondary N) is 1. The van der Waals surface area contributed by atoms with Crippen LogP contribution in [-0.2, 0) is 17.8 Å². The van der Waals surface area contributed by atoms with E-state index in [1.807, 2.05) is 6.92 Å². The minimum atomic E-state index is 0.0651. The summed E-state index contributed by atoms with van der Waals surface area (Å²) < 4.78 is 0. The molecule has 0 spiro atoms. The quantitative estimate of drug-likeness (QED) is 0.863. The number of nitrogens with zero attached hydrogens (tertiary/aromatic N) is 2. The van der Waals surface area contributed by atoms with Gasteiger partial charge < -0.3 is 11.1 Å². The molecule has 6 heteroatoms. The number of hydrogen-bond donors (Lipinski definition) is 2. The summed E-state index contributed by atoms with van der Waals surface area (Å²) in [7, 11) is 0. The van der Waals surface area contributed by atoms with Gasteiger partial charge in [-0.15, -0.1) is 11.3 Å². The molecular weight excluding hydrogens is 260 g/mol. The van der Waals surface area contributed by atoms with Gasteiger partial charge in [0.25, 0.3) is 0 Å². The van der Waals surface area contributed by atoms with Crippen molar-refractivity contribution in [2.45, 2.75) is 26.3 Å². The average molecular weight is 278 g/mol. The van der Waals surface area contributed by atoms with Gasteiger partial charge in [0.05, 0.1) is 12.1 Å². The number of amides is 1. The largest absolute Gasteiger partial charge is 0.389 e. The second-order valence-corrected chi connectivity index (χ2v) is 5.80. The van der Waals surface area contributed by atoms with Crippen molar-refractivity contribution in [3.05, 3.63) is 16.0 Å². The Morgan fingerprint density at radius 2 is 2.42 bits per heavy atom. The van der Waals surface area contributed by atoms with Gasteiger partial charge in [-0.1, -0.05) is 6.92 Å². The van der Waals surface area contributed by atoms with Crippen LogP contribution in [0.3, 0.4) is 0 Å². The number of anilines is 1. The van der Waals surface area contributed by atoms with E-state index in [2.05, 4.69) is 16.3 Å². The van der Waals surface area contributed by atoms with E-state index in [1.165, 1.54) is 11.3 Å². The van der Waals surface area contributed by atoms with E-state index in [0.29, 0.717) is 23.7 Å². The van der Waals surface area contributed by atoms with Gasteiger partial charge in [-0.25, -0.2) is 0 Å². The zero-order valence-corrected chi connectivity index (χ0v) is 11.8. The molecule has 1 aliphatic heterocycles. The lowest BCUT2D eigenvalue weighted by molar-refractivity contribution is -0.122. The predicted molar refractivity (Wildman–Crippen MR) is 75.7 cm³/mol. The van der Waals surface area contributed by atoms with Crippen molar-refractivity contribution in [1.82, 2.24) is 10.2 Å². The Bertz CT molecular complexity index is 517. The summed E-state index contributed by atoms with van der Waals surface area (Å²) >= 11 is 1.47. The zero-order valence-electron chi connectivity index (χ0n) is 11.0. The average Bonchev–Trinajstić information content (AvgIpc) is 2.70. The van der Waals surface area contributed by atoms with E-state index >= 15 is 0 Å². The van der Waals surface area contributed by atoms with Gasteiger partial charge in [0.2, 0.25) is 5.91 Å². The first-order valence-electron chi connectivity index (χ1n) is 6.44. The van der Waals surface area contributed by atoms with Gasteiger partial charge >= 0.3 is 0 Å². The molecule has 2 rings (SSSR count). The van der Waals surface area contributed by atoms with Crippen LogP contribution < -0.4 is 11.1 Å². The van der Waals surface area contributed by atoms with Crippen LogP contribution in [0.15, 0.2) is 0 Å². The molecule has 0 atom stereocenters. The number of carbonyl (C=O) groups excluding carboxylic acids is 1. The van der Waals surface area contributed by atoms with Crippen LogP contribution in [0, 0.1) is 11.3 Å². The van der Waals surface area contributed by atoms with E-state index in [9.17, 15) is 4.79 Å². The summed E-state index contributed by atoms with van der Waals surface area (Å²) in [5.41, 5.74) is 7.56. The fraction of sp³-hybridized carbons (Fsp3) is 0.538. The summed E-state index contributed by atoms with van der Waals surface area (Å²) in [5, 5.41) is 12.5. The summed E-state index contributed by atoms with van der Waals surface area (Å²) in [5.74, 6) is 0.0651. The third kappa shape index (κ3) is 3.06. The topological polar surface area (TPSA) is 82.2 Å². The molecule has 0 bridgehead atoms. The Morgan fingerprint density at radius 1 is 1.63 bits per heavy atom. The molecule has 0 aliphatic carbocycles. The first-order chi connectivity index (χ1) is 9.15. The Kier molecular flexibility index (Phi) is 4.40. The van der Waals surface area contributed by atoms with Gasteiger partial charge in [-0.05, 0) is 18.4 Å². The monoisotopic (exact) mass is 278 g/mol. The first-order valence-corrected chi connectivity index (χ1v) is 7.26. The van der Waals surface area contributed by atoms with Crippen LogP contribution in [0.4, 0.5) is 5.00 Å². The molecule has 0 unspecified atom stereocenters. The third-order valence-corrected chi connectivity index (χ3v) is 4.26. The van der Waals surface area contributed by atoms with E-state index in [-0.39, 0.29) is 5.91 Å². The number of nitriles is 1. The fourth-order valence-corrected chi connectivity index (χ4v) is 3.37. The van der Waals surface area contributed by atoms with Crippen LogP contribution >= 0.6 is 11.3 Å². The van der Waals surface area contributed by atoms with E-state index in [0.717, 1.165) is 36.4 Å². The molecule has 0 fully saturated rings. The minimum Gasteiger partial charge on any atom is -0.389 e. The molecule has 0 aromatic carbocycles. The summed E-state index contributed by atoms with van der Waals surface area (Å²) in [6.07, 6.45) is 1.75.